The Balaban J connectivity index is 0.00000324. The van der Waals surface area contributed by atoms with Crippen LogP contribution in [0.15, 0.2) is 24.3 Å². The van der Waals surface area contributed by atoms with Crippen molar-refractivity contribution in [3.05, 3.63) is 39.9 Å². The van der Waals surface area contributed by atoms with Crippen molar-refractivity contribution in [3.63, 3.8) is 0 Å². The van der Waals surface area contributed by atoms with Crippen LogP contribution >= 0.6 is 12.4 Å². The predicted octanol–water partition coefficient (Wildman–Crippen LogP) is 2.48. The van der Waals surface area contributed by atoms with Crippen molar-refractivity contribution in [1.82, 2.24) is 4.90 Å². The standard InChI is InChI=1S/C12H16N2O4.ClH/c1-9(13(2)8-7-12(15)16)10-5-3-4-6-11(10)14(17)18;/h3-6,9H,7-8H2,1-2H3,(H,15,16);1H. The average molecular weight is 289 g/mol. The summed E-state index contributed by atoms with van der Waals surface area (Å²) in [7, 11) is 1.75. The van der Waals surface area contributed by atoms with Crippen LogP contribution in [-0.4, -0.2) is 34.5 Å². The Morgan fingerprint density at radius 3 is 2.58 bits per heavy atom. The number of nitro benzene ring substituents is 1. The Labute approximate surface area is 117 Å². The summed E-state index contributed by atoms with van der Waals surface area (Å²) in [5.74, 6) is -0.878. The van der Waals surface area contributed by atoms with Crippen LogP contribution < -0.4 is 0 Å². The van der Waals surface area contributed by atoms with Gasteiger partial charge in [-0.05, 0) is 14.0 Å². The molecule has 106 valence electrons. The molecular weight excluding hydrogens is 272 g/mol. The second-order valence-electron chi connectivity index (χ2n) is 4.12. The summed E-state index contributed by atoms with van der Waals surface area (Å²) in [4.78, 5) is 22.8. The van der Waals surface area contributed by atoms with Crippen LogP contribution in [0.25, 0.3) is 0 Å². The molecule has 19 heavy (non-hydrogen) atoms. The Hall–Kier alpha value is -1.66. The Bertz CT molecular complexity index is 453. The second-order valence-corrected chi connectivity index (χ2v) is 4.12. The first-order valence-corrected chi connectivity index (χ1v) is 5.59. The third-order valence-electron chi connectivity index (χ3n) is 2.92. The van der Waals surface area contributed by atoms with Gasteiger partial charge in [0.25, 0.3) is 5.69 Å². The highest BCUT2D eigenvalue weighted by Gasteiger charge is 2.21. The molecule has 0 amide bonds. The number of hydrogen-bond acceptors (Lipinski definition) is 4. The van der Waals surface area contributed by atoms with Gasteiger partial charge in [0, 0.05) is 24.2 Å². The Kier molecular flexibility index (Phi) is 7.03. The van der Waals surface area contributed by atoms with Gasteiger partial charge in [-0.2, -0.15) is 0 Å². The summed E-state index contributed by atoms with van der Waals surface area (Å²) < 4.78 is 0. The molecule has 1 N–H and O–H groups in total. The van der Waals surface area contributed by atoms with Gasteiger partial charge in [-0.15, -0.1) is 12.4 Å². The maximum atomic E-state index is 10.9. The normalized spacial score (nSPS) is 11.7. The Morgan fingerprint density at radius 2 is 2.05 bits per heavy atom. The van der Waals surface area contributed by atoms with Gasteiger partial charge in [-0.1, -0.05) is 18.2 Å². The third kappa shape index (κ3) is 4.84. The molecule has 0 aliphatic rings. The van der Waals surface area contributed by atoms with Crippen LogP contribution in [0, 0.1) is 10.1 Å². The number of carboxylic acids is 1. The zero-order valence-electron chi connectivity index (χ0n) is 10.8. The van der Waals surface area contributed by atoms with Crippen molar-refractivity contribution >= 4 is 24.1 Å². The second kappa shape index (κ2) is 7.70. The SMILES string of the molecule is CC(c1ccccc1[N+](=O)[O-])N(C)CCC(=O)O.Cl. The number of carbonyl (C=O) groups is 1. The van der Waals surface area contributed by atoms with Gasteiger partial charge in [0.15, 0.2) is 0 Å². The minimum Gasteiger partial charge on any atom is -0.481 e. The van der Waals surface area contributed by atoms with E-state index in [0.29, 0.717) is 12.1 Å². The molecule has 1 atom stereocenters. The topological polar surface area (TPSA) is 83.7 Å². The molecule has 6 nitrogen and oxygen atoms in total. The average Bonchev–Trinajstić information content (AvgIpc) is 2.34. The molecule has 1 aromatic rings. The smallest absolute Gasteiger partial charge is 0.304 e. The zero-order valence-corrected chi connectivity index (χ0v) is 11.6. The van der Waals surface area contributed by atoms with Crippen molar-refractivity contribution in [2.75, 3.05) is 13.6 Å². The number of nitro groups is 1. The lowest BCUT2D eigenvalue weighted by Crippen LogP contribution is -2.25. The number of halogens is 1. The number of nitrogens with zero attached hydrogens (tertiary/aromatic N) is 2. The van der Waals surface area contributed by atoms with Crippen LogP contribution in [0.2, 0.25) is 0 Å². The fourth-order valence-corrected chi connectivity index (χ4v) is 1.71. The van der Waals surface area contributed by atoms with Crippen molar-refractivity contribution in [1.29, 1.82) is 0 Å². The highest BCUT2D eigenvalue weighted by Crippen LogP contribution is 2.27. The van der Waals surface area contributed by atoms with Crippen LogP contribution in [0.4, 0.5) is 5.69 Å². The fourth-order valence-electron chi connectivity index (χ4n) is 1.71. The summed E-state index contributed by atoms with van der Waals surface area (Å²) in [6, 6.07) is 6.30. The molecule has 0 heterocycles. The maximum absolute atomic E-state index is 10.9. The van der Waals surface area contributed by atoms with Gasteiger partial charge in [0.1, 0.15) is 0 Å². The number of benzene rings is 1. The summed E-state index contributed by atoms with van der Waals surface area (Å²) in [6.45, 7) is 2.17. The zero-order chi connectivity index (χ0) is 13.7. The minimum atomic E-state index is -0.878. The summed E-state index contributed by atoms with van der Waals surface area (Å²) in [5, 5.41) is 19.5. The molecule has 0 saturated carbocycles. The van der Waals surface area contributed by atoms with Gasteiger partial charge in [0.05, 0.1) is 11.3 Å². The number of para-hydroxylation sites is 1. The molecule has 0 aliphatic heterocycles. The lowest BCUT2D eigenvalue weighted by Gasteiger charge is -2.24. The van der Waals surface area contributed by atoms with E-state index in [2.05, 4.69) is 0 Å². The van der Waals surface area contributed by atoms with Gasteiger partial charge >= 0.3 is 5.97 Å². The first-order valence-electron chi connectivity index (χ1n) is 5.59. The fraction of sp³-hybridized carbons (Fsp3) is 0.417. The van der Waals surface area contributed by atoms with E-state index in [4.69, 9.17) is 5.11 Å². The summed E-state index contributed by atoms with van der Waals surface area (Å²) >= 11 is 0. The largest absolute Gasteiger partial charge is 0.481 e. The minimum absolute atomic E-state index is 0. The van der Waals surface area contributed by atoms with Crippen LogP contribution in [0.1, 0.15) is 24.9 Å². The molecule has 1 aromatic carbocycles. The first-order chi connectivity index (χ1) is 8.43. The van der Waals surface area contributed by atoms with Gasteiger partial charge in [0.2, 0.25) is 0 Å². The van der Waals surface area contributed by atoms with Crippen LogP contribution in [0.5, 0.6) is 0 Å². The highest BCUT2D eigenvalue weighted by atomic mass is 35.5. The highest BCUT2D eigenvalue weighted by molar-refractivity contribution is 5.85. The van der Waals surface area contributed by atoms with E-state index >= 15 is 0 Å². The summed E-state index contributed by atoms with van der Waals surface area (Å²) in [6.07, 6.45) is 0.0153. The third-order valence-corrected chi connectivity index (χ3v) is 2.92. The molecular formula is C12H17ClN2O4. The monoisotopic (exact) mass is 288 g/mol. The molecule has 0 saturated heterocycles. The number of rotatable bonds is 6. The lowest BCUT2D eigenvalue weighted by atomic mass is 10.1. The number of aliphatic carboxylic acids is 1. The van der Waals surface area contributed by atoms with E-state index in [1.54, 1.807) is 30.1 Å². The van der Waals surface area contributed by atoms with Gasteiger partial charge < -0.3 is 5.11 Å². The van der Waals surface area contributed by atoms with Crippen molar-refractivity contribution in [2.24, 2.45) is 0 Å². The van der Waals surface area contributed by atoms with E-state index in [0.717, 1.165) is 0 Å². The Morgan fingerprint density at radius 1 is 1.47 bits per heavy atom. The van der Waals surface area contributed by atoms with Crippen molar-refractivity contribution in [2.45, 2.75) is 19.4 Å². The molecule has 0 spiro atoms. The van der Waals surface area contributed by atoms with Crippen LogP contribution in [-0.2, 0) is 4.79 Å². The van der Waals surface area contributed by atoms with Crippen LogP contribution in [0.3, 0.4) is 0 Å². The van der Waals surface area contributed by atoms with E-state index in [9.17, 15) is 14.9 Å². The molecule has 1 rings (SSSR count). The molecule has 0 fully saturated rings. The molecule has 1 unspecified atom stereocenters. The number of carboxylic acid groups (broad SMARTS) is 1. The van der Waals surface area contributed by atoms with Gasteiger partial charge in [-0.25, -0.2) is 0 Å². The molecule has 7 heteroatoms. The van der Waals surface area contributed by atoms with E-state index < -0.39 is 10.9 Å². The molecule has 0 aromatic heterocycles. The molecule has 0 radical (unpaired) electrons. The first kappa shape index (κ1) is 17.3. The quantitative estimate of drug-likeness (QED) is 0.642. The van der Waals surface area contributed by atoms with E-state index in [1.165, 1.54) is 6.07 Å². The predicted molar refractivity (Wildman–Crippen MR) is 73.6 cm³/mol. The van der Waals surface area contributed by atoms with E-state index in [-0.39, 0.29) is 30.6 Å². The van der Waals surface area contributed by atoms with Crippen molar-refractivity contribution in [3.8, 4) is 0 Å². The maximum Gasteiger partial charge on any atom is 0.304 e. The number of hydrogen-bond donors (Lipinski definition) is 1. The van der Waals surface area contributed by atoms with Crippen molar-refractivity contribution < 1.29 is 14.8 Å². The molecule has 0 bridgehead atoms. The van der Waals surface area contributed by atoms with E-state index in [1.807, 2.05) is 6.92 Å². The lowest BCUT2D eigenvalue weighted by molar-refractivity contribution is -0.385. The van der Waals surface area contributed by atoms with Gasteiger partial charge in [-0.3, -0.25) is 19.8 Å². The summed E-state index contributed by atoms with van der Waals surface area (Å²) in [5.41, 5.74) is 0.655. The molecule has 0 aliphatic carbocycles.